The maximum absolute atomic E-state index is 12.2. The van der Waals surface area contributed by atoms with Crippen molar-refractivity contribution in [3.05, 3.63) is 5.89 Å². The number of anilines is 1. The molecule has 7 heteroatoms. The van der Waals surface area contributed by atoms with E-state index in [0.717, 1.165) is 31.8 Å². The van der Waals surface area contributed by atoms with Crippen molar-refractivity contribution in [3.8, 4) is 0 Å². The third-order valence-electron chi connectivity index (χ3n) is 6.79. The number of fused-ring (bicyclic) bond motifs is 1. The molecule has 1 N–H and O–H groups in total. The highest BCUT2D eigenvalue weighted by Crippen LogP contribution is 2.46. The predicted octanol–water partition coefficient (Wildman–Crippen LogP) is 2.10. The molecular weight excluding hydrogens is 320 g/mol. The molecule has 7 nitrogen and oxygen atoms in total. The van der Waals surface area contributed by atoms with Gasteiger partial charge in [0.1, 0.15) is 5.41 Å². The van der Waals surface area contributed by atoms with E-state index in [9.17, 15) is 9.90 Å². The quantitative estimate of drug-likeness (QED) is 0.894. The van der Waals surface area contributed by atoms with Crippen LogP contribution in [-0.2, 0) is 4.79 Å². The molecule has 3 heterocycles. The fraction of sp³-hybridized carbons (Fsp3) is 0.833. The summed E-state index contributed by atoms with van der Waals surface area (Å²) in [5, 5.41) is 14.2. The molecule has 4 aliphatic rings. The molecule has 0 aromatic carbocycles. The van der Waals surface area contributed by atoms with Gasteiger partial charge in [0.05, 0.1) is 0 Å². The van der Waals surface area contributed by atoms with E-state index in [0.29, 0.717) is 31.0 Å². The second kappa shape index (κ2) is 5.69. The van der Waals surface area contributed by atoms with Crippen molar-refractivity contribution in [2.45, 2.75) is 56.9 Å². The molecule has 5 rings (SSSR count). The standard InChI is InChI=1S/C18H26N4O3/c23-16(24)18-10-21(14-4-2-1-3-5-14)8-13(18)9-22(11-18)17-19-15(25-20-17)12-6-7-12/h12-14H,1-11H2,(H,23,24)/t13-,18-/m1/s1. The third-order valence-corrected chi connectivity index (χ3v) is 6.79. The lowest BCUT2D eigenvalue weighted by molar-refractivity contribution is -0.148. The van der Waals surface area contributed by atoms with Gasteiger partial charge in [-0.2, -0.15) is 4.98 Å². The van der Waals surface area contributed by atoms with Gasteiger partial charge in [-0.1, -0.05) is 19.3 Å². The Kier molecular flexibility index (Phi) is 3.55. The molecule has 0 bridgehead atoms. The van der Waals surface area contributed by atoms with Crippen molar-refractivity contribution < 1.29 is 14.4 Å². The third kappa shape index (κ3) is 2.55. The zero-order valence-corrected chi connectivity index (χ0v) is 14.6. The van der Waals surface area contributed by atoms with Gasteiger partial charge in [0.25, 0.3) is 5.95 Å². The largest absolute Gasteiger partial charge is 0.481 e. The van der Waals surface area contributed by atoms with E-state index in [4.69, 9.17) is 4.52 Å². The first-order valence-corrected chi connectivity index (χ1v) is 9.72. The van der Waals surface area contributed by atoms with Crippen molar-refractivity contribution in [2.75, 3.05) is 31.1 Å². The first kappa shape index (κ1) is 15.6. The number of hydrogen-bond acceptors (Lipinski definition) is 6. The summed E-state index contributed by atoms with van der Waals surface area (Å²) >= 11 is 0. The Morgan fingerprint density at radius 2 is 1.92 bits per heavy atom. The highest BCUT2D eigenvalue weighted by atomic mass is 16.5. The summed E-state index contributed by atoms with van der Waals surface area (Å²) in [7, 11) is 0. The van der Waals surface area contributed by atoms with E-state index in [1.54, 1.807) is 0 Å². The zero-order valence-electron chi connectivity index (χ0n) is 14.6. The molecule has 2 saturated carbocycles. The highest BCUT2D eigenvalue weighted by Gasteiger charge is 2.59. The molecule has 2 saturated heterocycles. The van der Waals surface area contributed by atoms with E-state index in [-0.39, 0.29) is 5.92 Å². The Labute approximate surface area is 147 Å². The van der Waals surface area contributed by atoms with Crippen molar-refractivity contribution >= 4 is 11.9 Å². The lowest BCUT2D eigenvalue weighted by atomic mass is 9.81. The minimum Gasteiger partial charge on any atom is -0.481 e. The van der Waals surface area contributed by atoms with E-state index in [2.05, 4.69) is 15.0 Å². The molecule has 25 heavy (non-hydrogen) atoms. The second-order valence-electron chi connectivity index (χ2n) is 8.47. The fourth-order valence-electron chi connectivity index (χ4n) is 5.13. The predicted molar refractivity (Wildman–Crippen MR) is 90.5 cm³/mol. The van der Waals surface area contributed by atoms with Gasteiger partial charge in [-0.15, -0.1) is 0 Å². The van der Waals surface area contributed by atoms with Gasteiger partial charge in [0.15, 0.2) is 0 Å². The number of likely N-dealkylation sites (tertiary alicyclic amines) is 1. The lowest BCUT2D eigenvalue weighted by Gasteiger charge is -2.33. The number of carboxylic acid groups (broad SMARTS) is 1. The monoisotopic (exact) mass is 346 g/mol. The van der Waals surface area contributed by atoms with Gasteiger partial charge < -0.3 is 14.5 Å². The molecule has 0 unspecified atom stereocenters. The Morgan fingerprint density at radius 1 is 1.12 bits per heavy atom. The van der Waals surface area contributed by atoms with Crippen LogP contribution in [0.15, 0.2) is 4.52 Å². The molecule has 2 atom stereocenters. The first-order valence-electron chi connectivity index (χ1n) is 9.72. The summed E-state index contributed by atoms with van der Waals surface area (Å²) < 4.78 is 5.37. The van der Waals surface area contributed by atoms with Crippen LogP contribution in [0, 0.1) is 11.3 Å². The van der Waals surface area contributed by atoms with Crippen molar-refractivity contribution in [2.24, 2.45) is 11.3 Å². The van der Waals surface area contributed by atoms with Crippen LogP contribution in [0.1, 0.15) is 56.8 Å². The minimum atomic E-state index is -0.683. The van der Waals surface area contributed by atoms with Gasteiger partial charge in [-0.25, -0.2) is 0 Å². The van der Waals surface area contributed by atoms with Gasteiger partial charge >= 0.3 is 5.97 Å². The average molecular weight is 346 g/mol. The van der Waals surface area contributed by atoms with Crippen LogP contribution in [-0.4, -0.2) is 58.3 Å². The summed E-state index contributed by atoms with van der Waals surface area (Å²) in [6.45, 7) is 2.78. The van der Waals surface area contributed by atoms with E-state index >= 15 is 0 Å². The summed E-state index contributed by atoms with van der Waals surface area (Å²) in [6.07, 6.45) is 8.59. The molecule has 1 aromatic heterocycles. The van der Waals surface area contributed by atoms with Crippen LogP contribution < -0.4 is 4.90 Å². The topological polar surface area (TPSA) is 82.7 Å². The van der Waals surface area contributed by atoms with Crippen LogP contribution in [0.3, 0.4) is 0 Å². The smallest absolute Gasteiger partial charge is 0.313 e. The number of rotatable bonds is 4. The molecule has 0 spiro atoms. The normalized spacial score (nSPS) is 33.8. The highest BCUT2D eigenvalue weighted by molar-refractivity contribution is 5.78. The number of carboxylic acids is 1. The zero-order chi connectivity index (χ0) is 17.0. The molecule has 136 valence electrons. The molecule has 2 aliphatic heterocycles. The van der Waals surface area contributed by atoms with Gasteiger partial charge in [0.2, 0.25) is 5.89 Å². The maximum Gasteiger partial charge on any atom is 0.313 e. The molecule has 2 aliphatic carbocycles. The number of carbonyl (C=O) groups is 1. The van der Waals surface area contributed by atoms with Crippen LogP contribution in [0.25, 0.3) is 0 Å². The number of aromatic nitrogens is 2. The maximum atomic E-state index is 12.2. The number of hydrogen-bond donors (Lipinski definition) is 1. The summed E-state index contributed by atoms with van der Waals surface area (Å²) in [6, 6.07) is 0.579. The van der Waals surface area contributed by atoms with E-state index in [1.807, 2.05) is 4.90 Å². The fourth-order valence-corrected chi connectivity index (χ4v) is 5.13. The summed E-state index contributed by atoms with van der Waals surface area (Å²) in [4.78, 5) is 21.2. The van der Waals surface area contributed by atoms with Crippen molar-refractivity contribution in [1.82, 2.24) is 15.0 Å². The SMILES string of the molecule is O=C(O)[C@]12CN(c3noc(C4CC4)n3)C[C@H]1CN(C1CCCCC1)C2. The van der Waals surface area contributed by atoms with Crippen LogP contribution in [0.5, 0.6) is 0 Å². The number of aliphatic carboxylic acids is 1. The van der Waals surface area contributed by atoms with E-state index in [1.165, 1.54) is 32.1 Å². The molecule has 4 fully saturated rings. The molecule has 0 radical (unpaired) electrons. The van der Waals surface area contributed by atoms with E-state index < -0.39 is 11.4 Å². The second-order valence-corrected chi connectivity index (χ2v) is 8.47. The van der Waals surface area contributed by atoms with Gasteiger partial charge in [0, 0.05) is 44.1 Å². The molecule has 1 aromatic rings. The number of nitrogens with zero attached hydrogens (tertiary/aromatic N) is 4. The van der Waals surface area contributed by atoms with Crippen molar-refractivity contribution in [3.63, 3.8) is 0 Å². The first-order chi connectivity index (χ1) is 12.2. The molecular formula is C18H26N4O3. The Morgan fingerprint density at radius 3 is 2.60 bits per heavy atom. The van der Waals surface area contributed by atoms with Crippen LogP contribution >= 0.6 is 0 Å². The lowest BCUT2D eigenvalue weighted by Crippen LogP contribution is -2.43. The summed E-state index contributed by atoms with van der Waals surface area (Å²) in [5.74, 6) is 1.22. The average Bonchev–Trinajstić information content (AvgIpc) is 3.06. The Bertz CT molecular complexity index is 667. The molecule has 0 amide bonds. The van der Waals surface area contributed by atoms with Crippen LogP contribution in [0.4, 0.5) is 5.95 Å². The van der Waals surface area contributed by atoms with Gasteiger partial charge in [-0.05, 0) is 30.8 Å². The minimum absolute atomic E-state index is 0.148. The summed E-state index contributed by atoms with van der Waals surface area (Å²) in [5.41, 5.74) is -0.683. The van der Waals surface area contributed by atoms with Crippen molar-refractivity contribution in [1.29, 1.82) is 0 Å². The Balaban J connectivity index is 1.33. The van der Waals surface area contributed by atoms with Gasteiger partial charge in [-0.3, -0.25) is 9.69 Å². The Hall–Kier alpha value is -1.63. The van der Waals surface area contributed by atoms with Crippen LogP contribution in [0.2, 0.25) is 0 Å².